The summed E-state index contributed by atoms with van der Waals surface area (Å²) in [6.07, 6.45) is 2.70. The van der Waals surface area contributed by atoms with Gasteiger partial charge in [0.15, 0.2) is 5.15 Å². The third-order valence-electron chi connectivity index (χ3n) is 5.20. The standard InChI is InChI=1S/C23H21ClN4O3/c1-2-3-8-18-25-19-20(22(29)27-26-21(19)24)28(18)13-14-9-11-15(12-10-14)16-6-4-5-7-17(16)23(30)31/h4-7,9-12H,2-3,8,13H2,1H3,(H,27,29)(H,30,31). The molecular formula is C23H21ClN4O3. The Hall–Kier alpha value is -3.45. The smallest absolute Gasteiger partial charge is 0.336 e. The number of rotatable bonds is 7. The van der Waals surface area contributed by atoms with E-state index < -0.39 is 5.97 Å². The fourth-order valence-electron chi connectivity index (χ4n) is 3.65. The second-order valence-electron chi connectivity index (χ2n) is 7.28. The zero-order valence-electron chi connectivity index (χ0n) is 16.9. The van der Waals surface area contributed by atoms with Gasteiger partial charge in [-0.3, -0.25) is 0 Å². The first kappa shape index (κ1) is 20.8. The van der Waals surface area contributed by atoms with Crippen molar-refractivity contribution in [2.24, 2.45) is 0 Å². The van der Waals surface area contributed by atoms with Crippen LogP contribution in [0.2, 0.25) is 5.15 Å². The normalized spacial score (nSPS) is 11.2. The lowest BCUT2D eigenvalue weighted by Gasteiger charge is -2.11. The summed E-state index contributed by atoms with van der Waals surface area (Å²) in [5.41, 5.74) is 3.62. The zero-order chi connectivity index (χ0) is 22.0. The van der Waals surface area contributed by atoms with Gasteiger partial charge in [0.05, 0.1) is 5.56 Å². The van der Waals surface area contributed by atoms with Crippen LogP contribution in [0.25, 0.3) is 22.2 Å². The quantitative estimate of drug-likeness (QED) is 0.425. The van der Waals surface area contributed by atoms with Gasteiger partial charge in [-0.1, -0.05) is 67.4 Å². The van der Waals surface area contributed by atoms with Gasteiger partial charge < -0.3 is 14.8 Å². The summed E-state index contributed by atoms with van der Waals surface area (Å²) in [5, 5.41) is 27.4. The Labute approximate surface area is 184 Å². The minimum Gasteiger partial charge on any atom is -0.491 e. The topological polar surface area (TPSA) is 101 Å². The van der Waals surface area contributed by atoms with Crippen LogP contribution in [-0.4, -0.2) is 35.9 Å². The van der Waals surface area contributed by atoms with Gasteiger partial charge in [-0.15, -0.1) is 10.2 Å². The van der Waals surface area contributed by atoms with E-state index in [4.69, 9.17) is 11.6 Å². The van der Waals surface area contributed by atoms with E-state index in [-0.39, 0.29) is 16.6 Å². The van der Waals surface area contributed by atoms with Crippen molar-refractivity contribution in [3.8, 4) is 17.0 Å². The molecule has 8 heteroatoms. The van der Waals surface area contributed by atoms with E-state index >= 15 is 0 Å². The van der Waals surface area contributed by atoms with Gasteiger partial charge in [-0.05, 0) is 29.2 Å². The van der Waals surface area contributed by atoms with E-state index in [1.54, 1.807) is 18.2 Å². The van der Waals surface area contributed by atoms with Crippen LogP contribution >= 0.6 is 11.6 Å². The third kappa shape index (κ3) is 4.09. The Bertz CT molecular complexity index is 1250. The first-order valence-electron chi connectivity index (χ1n) is 10.0. The molecule has 0 bridgehead atoms. The Balaban J connectivity index is 1.72. The molecule has 0 saturated heterocycles. The van der Waals surface area contributed by atoms with Crippen LogP contribution in [0.1, 0.15) is 41.5 Å². The highest BCUT2D eigenvalue weighted by Gasteiger charge is 2.19. The number of hydrogen-bond donors (Lipinski definition) is 2. The minimum absolute atomic E-state index is 0.157. The van der Waals surface area contributed by atoms with E-state index in [0.29, 0.717) is 23.1 Å². The van der Waals surface area contributed by atoms with Crippen molar-refractivity contribution in [1.82, 2.24) is 19.7 Å². The first-order valence-corrected chi connectivity index (χ1v) is 10.4. The molecule has 2 heterocycles. The van der Waals surface area contributed by atoms with E-state index in [0.717, 1.165) is 36.2 Å². The van der Waals surface area contributed by atoms with Crippen LogP contribution < -0.4 is 0 Å². The number of carboxylic acid groups (broad SMARTS) is 1. The number of hydrogen-bond acceptors (Lipinski definition) is 5. The Morgan fingerprint density at radius 2 is 1.84 bits per heavy atom. The highest BCUT2D eigenvalue weighted by Crippen LogP contribution is 2.30. The largest absolute Gasteiger partial charge is 0.491 e. The van der Waals surface area contributed by atoms with Gasteiger partial charge in [0.25, 0.3) is 5.88 Å². The maximum atomic E-state index is 11.5. The molecule has 0 aliphatic heterocycles. The Morgan fingerprint density at radius 3 is 2.55 bits per heavy atom. The molecule has 0 radical (unpaired) electrons. The van der Waals surface area contributed by atoms with E-state index in [2.05, 4.69) is 22.1 Å². The van der Waals surface area contributed by atoms with E-state index in [1.807, 2.05) is 34.9 Å². The molecule has 158 valence electrons. The molecule has 0 aliphatic carbocycles. The molecule has 4 aromatic rings. The summed E-state index contributed by atoms with van der Waals surface area (Å²) in [6, 6.07) is 14.6. The number of benzene rings is 2. The molecular weight excluding hydrogens is 416 g/mol. The van der Waals surface area contributed by atoms with Crippen LogP contribution in [0.5, 0.6) is 5.88 Å². The van der Waals surface area contributed by atoms with Crippen molar-refractivity contribution in [3.63, 3.8) is 0 Å². The summed E-state index contributed by atoms with van der Waals surface area (Å²) in [4.78, 5) is 16.1. The van der Waals surface area contributed by atoms with Crippen molar-refractivity contribution in [3.05, 3.63) is 70.6 Å². The fraction of sp³-hybridized carbons (Fsp3) is 0.217. The molecule has 4 rings (SSSR count). The maximum Gasteiger partial charge on any atom is 0.336 e. The number of aromatic hydroxyl groups is 1. The number of nitrogens with zero attached hydrogens (tertiary/aromatic N) is 4. The van der Waals surface area contributed by atoms with Gasteiger partial charge in [-0.25, -0.2) is 9.78 Å². The minimum atomic E-state index is -0.960. The monoisotopic (exact) mass is 436 g/mol. The van der Waals surface area contributed by atoms with Crippen molar-refractivity contribution >= 4 is 28.6 Å². The SMILES string of the molecule is CCCCc1nc2c(Cl)nnc(O)c2n1Cc1ccc(-c2ccccc2C(=O)O)cc1. The maximum absolute atomic E-state index is 11.5. The molecule has 31 heavy (non-hydrogen) atoms. The number of unbranched alkanes of at least 4 members (excludes halogenated alkanes) is 1. The van der Waals surface area contributed by atoms with Crippen LogP contribution in [0.15, 0.2) is 48.5 Å². The predicted molar refractivity (Wildman–Crippen MR) is 119 cm³/mol. The molecule has 2 aromatic carbocycles. The van der Waals surface area contributed by atoms with E-state index in [1.165, 1.54) is 0 Å². The number of imidazole rings is 1. The second-order valence-corrected chi connectivity index (χ2v) is 7.64. The van der Waals surface area contributed by atoms with Gasteiger partial charge in [-0.2, -0.15) is 0 Å². The summed E-state index contributed by atoms with van der Waals surface area (Å²) >= 11 is 6.17. The number of aryl methyl sites for hydroxylation is 1. The number of fused-ring (bicyclic) bond motifs is 1. The average Bonchev–Trinajstić information content (AvgIpc) is 3.14. The highest BCUT2D eigenvalue weighted by atomic mass is 35.5. The summed E-state index contributed by atoms with van der Waals surface area (Å²) < 4.78 is 1.92. The molecule has 0 saturated carbocycles. The van der Waals surface area contributed by atoms with E-state index in [9.17, 15) is 15.0 Å². The van der Waals surface area contributed by atoms with Crippen LogP contribution in [0, 0.1) is 0 Å². The molecule has 0 amide bonds. The number of aromatic carboxylic acids is 1. The van der Waals surface area contributed by atoms with Crippen molar-refractivity contribution < 1.29 is 15.0 Å². The molecule has 0 atom stereocenters. The second kappa shape index (κ2) is 8.73. The molecule has 0 fully saturated rings. The highest BCUT2D eigenvalue weighted by molar-refractivity contribution is 6.33. The Kier molecular flexibility index (Phi) is 5.86. The first-order chi connectivity index (χ1) is 15.0. The van der Waals surface area contributed by atoms with Gasteiger partial charge >= 0.3 is 5.97 Å². The van der Waals surface area contributed by atoms with Crippen LogP contribution in [0.3, 0.4) is 0 Å². The van der Waals surface area contributed by atoms with Gasteiger partial charge in [0.1, 0.15) is 16.9 Å². The number of halogens is 1. The molecule has 0 aliphatic rings. The van der Waals surface area contributed by atoms with Crippen LogP contribution in [-0.2, 0) is 13.0 Å². The van der Waals surface area contributed by atoms with Crippen molar-refractivity contribution in [2.75, 3.05) is 0 Å². The summed E-state index contributed by atoms with van der Waals surface area (Å²) in [7, 11) is 0. The van der Waals surface area contributed by atoms with Gasteiger partial charge in [0.2, 0.25) is 0 Å². The fourth-order valence-corrected chi connectivity index (χ4v) is 3.81. The number of carboxylic acids is 1. The Morgan fingerprint density at radius 1 is 1.10 bits per heavy atom. The van der Waals surface area contributed by atoms with Crippen molar-refractivity contribution in [1.29, 1.82) is 0 Å². The number of aromatic nitrogens is 4. The van der Waals surface area contributed by atoms with Gasteiger partial charge in [0, 0.05) is 13.0 Å². The zero-order valence-corrected chi connectivity index (χ0v) is 17.7. The average molecular weight is 437 g/mol. The lowest BCUT2D eigenvalue weighted by molar-refractivity contribution is 0.0697. The lowest BCUT2D eigenvalue weighted by Crippen LogP contribution is -2.06. The lowest BCUT2D eigenvalue weighted by atomic mass is 9.99. The third-order valence-corrected chi connectivity index (χ3v) is 5.46. The number of carbonyl (C=O) groups is 1. The predicted octanol–water partition coefficient (Wildman–Crippen LogP) is 4.94. The molecule has 0 unspecified atom stereocenters. The molecule has 0 spiro atoms. The van der Waals surface area contributed by atoms with Crippen molar-refractivity contribution in [2.45, 2.75) is 32.7 Å². The molecule has 7 nitrogen and oxygen atoms in total. The van der Waals surface area contributed by atoms with Crippen LogP contribution in [0.4, 0.5) is 0 Å². The molecule has 2 N–H and O–H groups in total. The summed E-state index contributed by atoms with van der Waals surface area (Å²) in [6.45, 7) is 2.57. The summed E-state index contributed by atoms with van der Waals surface area (Å²) in [5.74, 6) is -0.357. The molecule has 2 aromatic heterocycles.